The van der Waals surface area contributed by atoms with E-state index in [2.05, 4.69) is 20.4 Å². The Balaban J connectivity index is 1.28. The van der Waals surface area contributed by atoms with Crippen LogP contribution in [-0.2, 0) is 9.53 Å². The van der Waals surface area contributed by atoms with Crippen molar-refractivity contribution in [3.8, 4) is 22.7 Å². The minimum Gasteiger partial charge on any atom is -0.465 e. The second-order valence-electron chi connectivity index (χ2n) is 12.2. The number of halogens is 5. The topological polar surface area (TPSA) is 120 Å². The summed E-state index contributed by atoms with van der Waals surface area (Å²) in [6, 6.07) is 10.7. The number of aryl methyl sites for hydroxylation is 1. The SMILES string of the molecule is CCOC(=O)[C@@H]1CC2(CCN(c3cc(O[C@H](c4ccc(-c5cc(F)cc(Cl)c5)cc4-n4ccc(C)n4)C(F)(F)F)nc(N)n3)CC2)CN1. The van der Waals surface area contributed by atoms with Gasteiger partial charge in [-0.1, -0.05) is 23.7 Å². The number of nitrogen functional groups attached to an aromatic ring is 1. The lowest BCUT2D eigenvalue weighted by molar-refractivity contribution is -0.198. The number of aromatic nitrogens is 4. The van der Waals surface area contributed by atoms with E-state index < -0.39 is 18.1 Å². The van der Waals surface area contributed by atoms with Gasteiger partial charge >= 0.3 is 12.1 Å². The van der Waals surface area contributed by atoms with Gasteiger partial charge in [-0.3, -0.25) is 4.79 Å². The molecule has 0 radical (unpaired) electrons. The lowest BCUT2D eigenvalue weighted by Crippen LogP contribution is -2.41. The summed E-state index contributed by atoms with van der Waals surface area (Å²) in [6.45, 7) is 5.55. The highest BCUT2D eigenvalue weighted by atomic mass is 35.5. The van der Waals surface area contributed by atoms with E-state index in [1.807, 2.05) is 4.90 Å². The molecule has 6 rings (SSSR count). The van der Waals surface area contributed by atoms with Crippen molar-refractivity contribution in [2.75, 3.05) is 36.9 Å². The standard InChI is InChI=1S/C33H34ClF4N7O3/c1-3-47-30(46)25-17-32(18-40-25)7-10-44(11-8-32)27-16-28(42-31(39)41-27)48-29(33(36,37)38)24-5-4-20(21-12-22(34)15-23(35)13-21)14-26(24)45-9-6-19(2)43-45/h4-6,9,12-16,25,29,40H,3,7-8,10-11,17-18H2,1-2H3,(H2,39,41,42)/t25-,29+/m0/s1. The fourth-order valence-corrected chi connectivity index (χ4v) is 6.63. The normalized spacial score (nSPS) is 18.2. The Morgan fingerprint density at radius 2 is 1.90 bits per heavy atom. The highest BCUT2D eigenvalue weighted by Gasteiger charge is 2.46. The second-order valence-corrected chi connectivity index (χ2v) is 12.6. The van der Waals surface area contributed by atoms with Crippen molar-refractivity contribution in [3.05, 3.63) is 76.8 Å². The summed E-state index contributed by atoms with van der Waals surface area (Å²) in [5.41, 5.74) is 7.08. The fraction of sp³-hybridized carbons (Fsp3) is 0.394. The van der Waals surface area contributed by atoms with Crippen LogP contribution in [0.25, 0.3) is 16.8 Å². The molecular formula is C33H34ClF4N7O3. The number of alkyl halides is 3. The number of anilines is 2. The monoisotopic (exact) mass is 687 g/mol. The first-order valence-corrected chi connectivity index (χ1v) is 15.9. The number of benzene rings is 2. The maximum absolute atomic E-state index is 14.8. The van der Waals surface area contributed by atoms with Crippen LogP contribution in [0.15, 0.2) is 54.7 Å². The summed E-state index contributed by atoms with van der Waals surface area (Å²) in [5, 5.41) is 7.75. The van der Waals surface area contributed by atoms with Crippen molar-refractivity contribution >= 4 is 29.3 Å². The van der Waals surface area contributed by atoms with Gasteiger partial charge in [0.25, 0.3) is 0 Å². The first kappa shape index (κ1) is 33.5. The number of carbonyl (C=O) groups is 1. The summed E-state index contributed by atoms with van der Waals surface area (Å²) in [7, 11) is 0. The minimum atomic E-state index is -4.89. The number of hydrogen-bond donors (Lipinski definition) is 2. The molecule has 0 unspecified atom stereocenters. The molecule has 0 aliphatic carbocycles. The summed E-state index contributed by atoms with van der Waals surface area (Å²) in [5.74, 6) is -1.11. The summed E-state index contributed by atoms with van der Waals surface area (Å²) >= 11 is 6.06. The van der Waals surface area contributed by atoms with Gasteiger partial charge in [0.15, 0.2) is 0 Å². The van der Waals surface area contributed by atoms with Crippen LogP contribution in [0, 0.1) is 18.2 Å². The van der Waals surface area contributed by atoms with Gasteiger partial charge in [-0.15, -0.1) is 0 Å². The van der Waals surface area contributed by atoms with Crippen molar-refractivity contribution < 1.29 is 31.8 Å². The first-order chi connectivity index (χ1) is 22.8. The molecule has 1 spiro atoms. The van der Waals surface area contributed by atoms with Crippen molar-refractivity contribution in [1.82, 2.24) is 25.1 Å². The van der Waals surface area contributed by atoms with Gasteiger partial charge in [-0.05, 0) is 80.0 Å². The minimum absolute atomic E-state index is 0.0678. The largest absolute Gasteiger partial charge is 0.465 e. The molecule has 2 fully saturated rings. The Labute approximate surface area is 279 Å². The number of esters is 1. The van der Waals surface area contributed by atoms with E-state index >= 15 is 0 Å². The maximum atomic E-state index is 14.8. The van der Waals surface area contributed by atoms with Crippen molar-refractivity contribution in [1.29, 1.82) is 0 Å². The Bertz CT molecular complexity index is 1790. The van der Waals surface area contributed by atoms with Gasteiger partial charge in [0, 0.05) is 42.5 Å². The molecule has 10 nitrogen and oxygen atoms in total. The lowest BCUT2D eigenvalue weighted by Gasteiger charge is -2.39. The Morgan fingerprint density at radius 1 is 1.12 bits per heavy atom. The molecule has 2 aliphatic rings. The van der Waals surface area contributed by atoms with Crippen LogP contribution < -0.4 is 20.7 Å². The molecule has 4 aromatic rings. The maximum Gasteiger partial charge on any atom is 0.429 e. The number of nitrogens with zero attached hydrogens (tertiary/aromatic N) is 5. The third kappa shape index (κ3) is 7.19. The van der Waals surface area contributed by atoms with Crippen LogP contribution in [0.1, 0.15) is 43.5 Å². The molecule has 2 atom stereocenters. The van der Waals surface area contributed by atoms with Gasteiger partial charge < -0.3 is 25.4 Å². The average molecular weight is 688 g/mol. The number of carbonyl (C=O) groups excluding carboxylic acids is 1. The third-order valence-electron chi connectivity index (χ3n) is 8.80. The van der Waals surface area contributed by atoms with Crippen LogP contribution in [0.4, 0.5) is 29.3 Å². The molecule has 48 heavy (non-hydrogen) atoms. The molecule has 2 aromatic heterocycles. The highest BCUT2D eigenvalue weighted by Crippen LogP contribution is 2.43. The Hall–Kier alpha value is -4.43. The summed E-state index contributed by atoms with van der Waals surface area (Å²) in [4.78, 5) is 22.5. The lowest BCUT2D eigenvalue weighted by atomic mass is 9.76. The number of piperidine rings is 1. The molecule has 254 valence electrons. The summed E-state index contributed by atoms with van der Waals surface area (Å²) < 4.78 is 70.8. The predicted molar refractivity (Wildman–Crippen MR) is 171 cm³/mol. The van der Waals surface area contributed by atoms with Crippen molar-refractivity contribution in [2.45, 2.75) is 51.4 Å². The zero-order chi connectivity index (χ0) is 34.2. The van der Waals surface area contributed by atoms with E-state index in [-0.39, 0.29) is 45.5 Å². The smallest absolute Gasteiger partial charge is 0.429 e. The quantitative estimate of drug-likeness (QED) is 0.165. The molecule has 0 amide bonds. The van der Waals surface area contributed by atoms with E-state index in [4.69, 9.17) is 26.8 Å². The zero-order valence-electron chi connectivity index (χ0n) is 26.2. The molecule has 4 heterocycles. The van der Waals surface area contributed by atoms with Gasteiger partial charge in [-0.2, -0.15) is 28.2 Å². The van der Waals surface area contributed by atoms with E-state index in [1.54, 1.807) is 19.9 Å². The van der Waals surface area contributed by atoms with Crippen LogP contribution >= 0.6 is 11.6 Å². The number of nitrogens with one attached hydrogen (secondary N) is 1. The fourth-order valence-electron chi connectivity index (χ4n) is 6.41. The van der Waals surface area contributed by atoms with Gasteiger partial charge in [0.1, 0.15) is 17.7 Å². The Kier molecular flexibility index (Phi) is 9.22. The zero-order valence-corrected chi connectivity index (χ0v) is 27.0. The Morgan fingerprint density at radius 3 is 2.56 bits per heavy atom. The van der Waals surface area contributed by atoms with Gasteiger partial charge in [0.05, 0.1) is 18.0 Å². The molecule has 15 heteroatoms. The first-order valence-electron chi connectivity index (χ1n) is 15.5. The van der Waals surface area contributed by atoms with E-state index in [0.717, 1.165) is 18.9 Å². The molecule has 2 aromatic carbocycles. The molecular weight excluding hydrogens is 654 g/mol. The van der Waals surface area contributed by atoms with Crippen molar-refractivity contribution in [2.24, 2.45) is 5.41 Å². The van der Waals surface area contributed by atoms with E-state index in [0.29, 0.717) is 55.3 Å². The summed E-state index contributed by atoms with van der Waals surface area (Å²) in [6.07, 6.45) is -3.71. The van der Waals surface area contributed by atoms with Crippen molar-refractivity contribution in [3.63, 3.8) is 0 Å². The third-order valence-corrected chi connectivity index (χ3v) is 9.02. The average Bonchev–Trinajstić information content (AvgIpc) is 3.65. The molecule has 2 saturated heterocycles. The van der Waals surface area contributed by atoms with Gasteiger partial charge in [-0.25, -0.2) is 9.07 Å². The molecule has 3 N–H and O–H groups in total. The molecule has 0 bridgehead atoms. The van der Waals surface area contributed by atoms with Crippen LogP contribution in [0.3, 0.4) is 0 Å². The number of ether oxygens (including phenoxy) is 2. The molecule has 2 aliphatic heterocycles. The number of rotatable bonds is 8. The number of nitrogens with two attached hydrogens (primary N) is 1. The van der Waals surface area contributed by atoms with E-state index in [1.165, 1.54) is 47.3 Å². The predicted octanol–water partition coefficient (Wildman–Crippen LogP) is 6.21. The van der Waals surface area contributed by atoms with Crippen LogP contribution in [0.2, 0.25) is 5.02 Å². The second kappa shape index (κ2) is 13.2. The highest BCUT2D eigenvalue weighted by molar-refractivity contribution is 6.30. The van der Waals surface area contributed by atoms with Crippen LogP contribution in [-0.4, -0.2) is 64.2 Å². The van der Waals surface area contributed by atoms with E-state index in [9.17, 15) is 22.4 Å². The molecule has 0 saturated carbocycles. The van der Waals surface area contributed by atoms with Gasteiger partial charge in [0.2, 0.25) is 17.9 Å². The van der Waals surface area contributed by atoms with Crippen LogP contribution in [0.5, 0.6) is 5.88 Å². The number of hydrogen-bond acceptors (Lipinski definition) is 9.